The molecule has 0 aromatic carbocycles. The molecule has 45 heavy (non-hydrogen) atoms. The maximum atomic E-state index is 13.9. The largest absolute Gasteiger partial charge is 0.388 e. The van der Waals surface area contributed by atoms with E-state index < -0.39 is 95.0 Å². The van der Waals surface area contributed by atoms with Crippen molar-refractivity contribution >= 4 is 0 Å². The maximum Gasteiger partial charge on any atom is 0.293 e. The molecule has 0 saturated carbocycles. The molecule has 18 heteroatoms. The van der Waals surface area contributed by atoms with Crippen LogP contribution in [0.25, 0.3) is 0 Å². The molecule has 0 bridgehead atoms. The maximum absolute atomic E-state index is 13.9. The first kappa shape index (κ1) is 43.6. The first-order valence-electron chi connectivity index (χ1n) is 13.8. The number of hydrogen-bond acceptors (Lipinski definition) is 12. The van der Waals surface area contributed by atoms with Crippen molar-refractivity contribution in [1.29, 1.82) is 0 Å². The van der Waals surface area contributed by atoms with E-state index in [-0.39, 0.29) is 52.9 Å². The summed E-state index contributed by atoms with van der Waals surface area (Å²) in [5, 5.41) is 38.5. The first-order chi connectivity index (χ1) is 21.1. The Morgan fingerprint density at radius 1 is 0.400 bits per heavy atom. The van der Waals surface area contributed by atoms with Crippen LogP contribution in [-0.2, 0) is 37.9 Å². The van der Waals surface area contributed by atoms with Gasteiger partial charge in [0.2, 0.25) is 0 Å². The Bertz CT molecular complexity index is 695. The Hall–Kier alpha value is -1.42. The van der Waals surface area contributed by atoms with E-state index in [9.17, 15) is 46.8 Å². The molecular weight excluding hydrogens is 630 g/mol. The van der Waals surface area contributed by atoms with Gasteiger partial charge in [0.15, 0.2) is 0 Å². The minimum atomic E-state index is -3.88. The molecule has 0 aliphatic rings. The molecule has 0 amide bonds. The molecule has 0 spiro atoms. The van der Waals surface area contributed by atoms with E-state index in [0.29, 0.717) is 0 Å². The number of rotatable bonds is 32. The van der Waals surface area contributed by atoms with Crippen molar-refractivity contribution in [2.45, 2.75) is 42.2 Å². The summed E-state index contributed by atoms with van der Waals surface area (Å²) < 4.78 is 121. The Kier molecular flexibility index (Phi) is 23.9. The zero-order valence-electron chi connectivity index (χ0n) is 25.0. The fraction of sp³-hybridized carbons (Fsp3) is 0.852. The molecule has 0 rings (SSSR count). The molecule has 4 unspecified atom stereocenters. The lowest BCUT2D eigenvalue weighted by molar-refractivity contribution is -0.185. The van der Waals surface area contributed by atoms with Gasteiger partial charge in [-0.2, -0.15) is 0 Å². The van der Waals surface area contributed by atoms with Crippen LogP contribution in [0, 0.1) is 0 Å². The van der Waals surface area contributed by atoms with Crippen LogP contribution >= 0.6 is 0 Å². The summed E-state index contributed by atoms with van der Waals surface area (Å²) in [7, 11) is 0. The van der Waals surface area contributed by atoms with Gasteiger partial charge in [-0.3, -0.25) is 0 Å². The highest BCUT2D eigenvalue weighted by molar-refractivity contribution is 4.71. The molecule has 4 N–H and O–H groups in total. The Morgan fingerprint density at radius 3 is 0.889 bits per heavy atom. The lowest BCUT2D eigenvalue weighted by atomic mass is 10.3. The van der Waals surface area contributed by atoms with Crippen LogP contribution in [0.2, 0.25) is 0 Å². The van der Waals surface area contributed by atoms with Crippen LogP contribution in [-0.4, -0.2) is 168 Å². The Morgan fingerprint density at radius 2 is 0.622 bits per heavy atom. The molecular formula is C27H46F6O12. The number of ether oxygens (including phenoxy) is 8. The van der Waals surface area contributed by atoms with E-state index in [1.807, 2.05) is 0 Å². The standard InChI is InChI=1S/C27H46F6O12/c1-3-5-38-7-21(34)9-40-11-23(36)13-42-15-25(28,29)17-44-19-27(32,33)20-45-18-26(30,31)16-43-14-24(37)12-41-10-22(35)8-39-6-4-2/h3-4,21-24,34-37H,1-2,5-20H2. The summed E-state index contributed by atoms with van der Waals surface area (Å²) in [5.41, 5.74) is 0. The molecule has 0 aliphatic carbocycles. The summed E-state index contributed by atoms with van der Waals surface area (Å²) in [6, 6.07) is 0. The monoisotopic (exact) mass is 676 g/mol. The second-order valence-corrected chi connectivity index (χ2v) is 9.93. The highest BCUT2D eigenvalue weighted by Crippen LogP contribution is 2.21. The average Bonchev–Trinajstić information content (AvgIpc) is 2.92. The number of hydrogen-bond donors (Lipinski definition) is 4. The topological polar surface area (TPSA) is 155 Å². The van der Waals surface area contributed by atoms with Crippen molar-refractivity contribution in [3.05, 3.63) is 25.3 Å². The van der Waals surface area contributed by atoms with E-state index in [0.717, 1.165) is 0 Å². The predicted molar refractivity (Wildman–Crippen MR) is 146 cm³/mol. The van der Waals surface area contributed by atoms with Crippen molar-refractivity contribution in [1.82, 2.24) is 0 Å². The van der Waals surface area contributed by atoms with E-state index in [4.69, 9.17) is 18.9 Å². The number of aliphatic hydroxyl groups excluding tert-OH is 4. The summed E-state index contributed by atoms with van der Waals surface area (Å²) >= 11 is 0. The van der Waals surface area contributed by atoms with Gasteiger partial charge in [-0.25, -0.2) is 26.3 Å². The summed E-state index contributed by atoms with van der Waals surface area (Å²) in [6.07, 6.45) is -1.63. The second-order valence-electron chi connectivity index (χ2n) is 9.93. The molecule has 12 nitrogen and oxygen atoms in total. The van der Waals surface area contributed by atoms with E-state index in [1.165, 1.54) is 12.2 Å². The van der Waals surface area contributed by atoms with Gasteiger partial charge < -0.3 is 58.3 Å². The quantitative estimate of drug-likeness (QED) is 0.0454. The normalized spacial score (nSPS) is 15.5. The van der Waals surface area contributed by atoms with Gasteiger partial charge in [-0.05, 0) is 0 Å². The van der Waals surface area contributed by atoms with E-state index in [2.05, 4.69) is 32.1 Å². The van der Waals surface area contributed by atoms with Crippen LogP contribution in [0.3, 0.4) is 0 Å². The smallest absolute Gasteiger partial charge is 0.293 e. The Balaban J connectivity index is 4.06. The molecule has 0 aliphatic heterocycles. The fourth-order valence-corrected chi connectivity index (χ4v) is 2.96. The fourth-order valence-electron chi connectivity index (χ4n) is 2.96. The molecule has 268 valence electrons. The molecule has 0 saturated heterocycles. The van der Waals surface area contributed by atoms with Gasteiger partial charge in [0.05, 0.1) is 66.1 Å². The van der Waals surface area contributed by atoms with E-state index in [1.54, 1.807) is 0 Å². The van der Waals surface area contributed by atoms with E-state index >= 15 is 0 Å². The minimum Gasteiger partial charge on any atom is -0.388 e. The van der Waals surface area contributed by atoms with Crippen molar-refractivity contribution < 1.29 is 84.7 Å². The number of alkyl halides is 6. The lowest BCUT2D eigenvalue weighted by Gasteiger charge is -2.22. The van der Waals surface area contributed by atoms with Crippen LogP contribution < -0.4 is 0 Å². The predicted octanol–water partition coefficient (Wildman–Crippen LogP) is 0.841. The SMILES string of the molecule is C=CCOCC(O)COCC(O)COCC(F)(F)COCC(F)(F)COCC(F)(F)COCC(O)COCC(O)COCC=C. The number of aliphatic hydroxyl groups is 4. The van der Waals surface area contributed by atoms with Gasteiger partial charge in [0.25, 0.3) is 17.8 Å². The zero-order chi connectivity index (χ0) is 34.2. The summed E-state index contributed by atoms with van der Waals surface area (Å²) in [5.74, 6) is -11.3. The number of halogens is 6. The highest BCUT2D eigenvalue weighted by atomic mass is 19.3. The van der Waals surface area contributed by atoms with Gasteiger partial charge >= 0.3 is 0 Å². The van der Waals surface area contributed by atoms with Crippen molar-refractivity contribution in [2.75, 3.05) is 106 Å². The van der Waals surface area contributed by atoms with Crippen molar-refractivity contribution in [3.8, 4) is 0 Å². The summed E-state index contributed by atoms with van der Waals surface area (Å²) in [6.45, 7) is -3.61. The zero-order valence-corrected chi connectivity index (χ0v) is 25.0. The van der Waals surface area contributed by atoms with Crippen LogP contribution in [0.5, 0.6) is 0 Å². The molecule has 0 aromatic heterocycles. The molecule has 0 fully saturated rings. The minimum absolute atomic E-state index is 0.0386. The van der Waals surface area contributed by atoms with Gasteiger partial charge in [-0.1, -0.05) is 12.2 Å². The van der Waals surface area contributed by atoms with Gasteiger partial charge in [-0.15, -0.1) is 13.2 Å². The molecule has 4 atom stereocenters. The third-order valence-corrected chi connectivity index (χ3v) is 4.83. The third-order valence-electron chi connectivity index (χ3n) is 4.83. The second kappa shape index (κ2) is 24.7. The summed E-state index contributed by atoms with van der Waals surface area (Å²) in [4.78, 5) is 0. The Labute approximate surface area is 258 Å². The van der Waals surface area contributed by atoms with Crippen LogP contribution in [0.15, 0.2) is 25.3 Å². The van der Waals surface area contributed by atoms with Crippen LogP contribution in [0.1, 0.15) is 0 Å². The van der Waals surface area contributed by atoms with Crippen LogP contribution in [0.4, 0.5) is 26.3 Å². The molecule has 0 aromatic rings. The third kappa shape index (κ3) is 27.4. The lowest BCUT2D eigenvalue weighted by Crippen LogP contribution is -2.38. The van der Waals surface area contributed by atoms with Crippen molar-refractivity contribution in [3.63, 3.8) is 0 Å². The molecule has 0 heterocycles. The van der Waals surface area contributed by atoms with Crippen molar-refractivity contribution in [2.24, 2.45) is 0 Å². The average molecular weight is 677 g/mol. The first-order valence-corrected chi connectivity index (χ1v) is 13.8. The highest BCUT2D eigenvalue weighted by Gasteiger charge is 2.37. The molecule has 0 radical (unpaired) electrons. The van der Waals surface area contributed by atoms with Gasteiger partial charge in [0.1, 0.15) is 64.1 Å². The van der Waals surface area contributed by atoms with Gasteiger partial charge in [0, 0.05) is 0 Å².